The van der Waals surface area contributed by atoms with E-state index in [0.29, 0.717) is 5.92 Å². The van der Waals surface area contributed by atoms with Crippen LogP contribution in [0.5, 0.6) is 0 Å². The Kier molecular flexibility index (Phi) is 5.41. The minimum absolute atomic E-state index is 0.0796. The van der Waals surface area contributed by atoms with Crippen LogP contribution in [-0.4, -0.2) is 22.8 Å². The van der Waals surface area contributed by atoms with Crippen molar-refractivity contribution < 1.29 is 9.59 Å². The van der Waals surface area contributed by atoms with Gasteiger partial charge in [0.1, 0.15) is 0 Å². The largest absolute Gasteiger partial charge is 0.272 e. The van der Waals surface area contributed by atoms with Crippen LogP contribution >= 0.6 is 0 Å². The molecule has 0 atom stereocenters. The molecule has 2 aliphatic rings. The second-order valence-electron chi connectivity index (χ2n) is 7.47. The van der Waals surface area contributed by atoms with E-state index in [0.717, 1.165) is 38.5 Å². The molecule has 0 N–H and O–H groups in total. The zero-order valence-electron chi connectivity index (χ0n) is 15.7. The summed E-state index contributed by atoms with van der Waals surface area (Å²) in [4.78, 5) is 25.3. The van der Waals surface area contributed by atoms with Gasteiger partial charge in [-0.3, -0.25) is 14.5 Å². The molecule has 1 fully saturated rings. The second-order valence-corrected chi connectivity index (χ2v) is 7.47. The lowest BCUT2D eigenvalue weighted by atomic mass is 9.77. The Morgan fingerprint density at radius 3 is 2.20 bits per heavy atom. The molecule has 3 nitrogen and oxygen atoms in total. The molecule has 1 aliphatic heterocycles. The summed E-state index contributed by atoms with van der Waals surface area (Å²) in [5.41, 5.74) is 5.88. The molecular formula is C22H29NO2. The van der Waals surface area contributed by atoms with E-state index in [4.69, 9.17) is 0 Å². The lowest BCUT2D eigenvalue weighted by Gasteiger charge is -2.35. The summed E-state index contributed by atoms with van der Waals surface area (Å²) < 4.78 is 0. The molecule has 0 spiro atoms. The molecule has 134 valence electrons. The molecule has 0 unspecified atom stereocenters. The molecule has 0 aromatic heterocycles. The van der Waals surface area contributed by atoms with Gasteiger partial charge in [0, 0.05) is 18.2 Å². The number of aryl methyl sites for hydroxylation is 3. The maximum atomic E-state index is 11.9. The van der Waals surface area contributed by atoms with Gasteiger partial charge < -0.3 is 0 Å². The van der Waals surface area contributed by atoms with Crippen molar-refractivity contribution in [1.29, 1.82) is 0 Å². The molecule has 1 aliphatic carbocycles. The molecule has 0 bridgehead atoms. The van der Waals surface area contributed by atoms with Crippen LogP contribution in [0.3, 0.4) is 0 Å². The van der Waals surface area contributed by atoms with Crippen molar-refractivity contribution in [3.05, 3.63) is 46.5 Å². The Hall–Kier alpha value is -1.90. The smallest absolute Gasteiger partial charge is 0.253 e. The van der Waals surface area contributed by atoms with Crippen LogP contribution in [0.25, 0.3) is 0 Å². The highest BCUT2D eigenvalue weighted by molar-refractivity contribution is 6.13. The maximum Gasteiger partial charge on any atom is 0.253 e. The first kappa shape index (κ1) is 17.9. The number of carbonyl (C=O) groups is 2. The average Bonchev–Trinajstić information content (AvgIpc) is 2.93. The average molecular weight is 339 g/mol. The van der Waals surface area contributed by atoms with Gasteiger partial charge in [-0.15, -0.1) is 0 Å². The first-order valence-corrected chi connectivity index (χ1v) is 9.72. The van der Waals surface area contributed by atoms with Gasteiger partial charge in [-0.25, -0.2) is 0 Å². The lowest BCUT2D eigenvalue weighted by Crippen LogP contribution is -2.42. The van der Waals surface area contributed by atoms with E-state index in [1.54, 1.807) is 0 Å². The summed E-state index contributed by atoms with van der Waals surface area (Å²) in [6.45, 7) is 6.72. The molecular weight excluding hydrogens is 310 g/mol. The summed E-state index contributed by atoms with van der Waals surface area (Å²) in [6.07, 6.45) is 10.2. The molecule has 25 heavy (non-hydrogen) atoms. The van der Waals surface area contributed by atoms with Gasteiger partial charge in [-0.1, -0.05) is 32.4 Å². The molecule has 1 heterocycles. The molecule has 3 rings (SSSR count). The topological polar surface area (TPSA) is 37.4 Å². The molecule has 1 aromatic carbocycles. The molecule has 1 aromatic rings. The van der Waals surface area contributed by atoms with Crippen LogP contribution in [0, 0.1) is 6.92 Å². The standard InChI is InChI=1S/C22H29NO2/c1-4-6-16-13-15(3)22(17(5-2)14-16)18-7-9-19(10-8-18)23-20(24)11-12-21(23)25/h11-14,18-19H,4-10H2,1-3H3. The molecule has 0 saturated heterocycles. The lowest BCUT2D eigenvalue weighted by molar-refractivity contribution is -0.140. The van der Waals surface area contributed by atoms with Crippen molar-refractivity contribution in [2.45, 2.75) is 77.7 Å². The summed E-state index contributed by atoms with van der Waals surface area (Å²) >= 11 is 0. The number of benzene rings is 1. The highest BCUT2D eigenvalue weighted by atomic mass is 16.2. The van der Waals surface area contributed by atoms with E-state index >= 15 is 0 Å². The Morgan fingerprint density at radius 1 is 1.00 bits per heavy atom. The van der Waals surface area contributed by atoms with Gasteiger partial charge in [0.2, 0.25) is 0 Å². The Morgan fingerprint density at radius 2 is 1.64 bits per heavy atom. The highest BCUT2D eigenvalue weighted by Crippen LogP contribution is 2.39. The minimum atomic E-state index is -0.136. The number of nitrogens with zero attached hydrogens (tertiary/aromatic N) is 1. The third-order valence-electron chi connectivity index (χ3n) is 5.77. The minimum Gasteiger partial charge on any atom is -0.272 e. The summed E-state index contributed by atoms with van der Waals surface area (Å²) in [7, 11) is 0. The van der Waals surface area contributed by atoms with Gasteiger partial charge in [0.15, 0.2) is 0 Å². The van der Waals surface area contributed by atoms with Crippen molar-refractivity contribution in [3.63, 3.8) is 0 Å². The number of carbonyl (C=O) groups excluding carboxylic acids is 2. The zero-order chi connectivity index (χ0) is 18.0. The molecule has 1 saturated carbocycles. The fourth-order valence-corrected chi connectivity index (χ4v) is 4.66. The van der Waals surface area contributed by atoms with Gasteiger partial charge >= 0.3 is 0 Å². The predicted octanol–water partition coefficient (Wildman–Crippen LogP) is 4.46. The normalized spacial score (nSPS) is 23.6. The summed E-state index contributed by atoms with van der Waals surface area (Å²) in [5, 5.41) is 0. The van der Waals surface area contributed by atoms with Crippen molar-refractivity contribution in [2.24, 2.45) is 0 Å². The summed E-state index contributed by atoms with van der Waals surface area (Å²) in [5.74, 6) is 0.285. The highest BCUT2D eigenvalue weighted by Gasteiger charge is 2.34. The van der Waals surface area contributed by atoms with Crippen LogP contribution in [0.4, 0.5) is 0 Å². The fraction of sp³-hybridized carbons (Fsp3) is 0.545. The monoisotopic (exact) mass is 339 g/mol. The Bertz CT molecular complexity index is 678. The van der Waals surface area contributed by atoms with Crippen LogP contribution in [-0.2, 0) is 22.4 Å². The van der Waals surface area contributed by atoms with Gasteiger partial charge in [0.05, 0.1) is 0 Å². The third kappa shape index (κ3) is 3.56. The van der Waals surface area contributed by atoms with Crippen molar-refractivity contribution >= 4 is 11.8 Å². The SMILES string of the molecule is CCCc1cc(C)c(C2CCC(N3C(=O)C=CC3=O)CC2)c(CC)c1. The van der Waals surface area contributed by atoms with E-state index < -0.39 is 0 Å². The van der Waals surface area contributed by atoms with Gasteiger partial charge in [-0.2, -0.15) is 0 Å². The van der Waals surface area contributed by atoms with E-state index in [1.807, 2.05) is 0 Å². The van der Waals surface area contributed by atoms with Crippen LogP contribution in [0.15, 0.2) is 24.3 Å². The van der Waals surface area contributed by atoms with Crippen molar-refractivity contribution in [1.82, 2.24) is 4.90 Å². The van der Waals surface area contributed by atoms with Crippen molar-refractivity contribution in [2.75, 3.05) is 0 Å². The number of hydrogen-bond acceptors (Lipinski definition) is 2. The maximum absolute atomic E-state index is 11.9. The Labute approximate surface area is 151 Å². The predicted molar refractivity (Wildman–Crippen MR) is 101 cm³/mol. The molecule has 0 radical (unpaired) electrons. The van der Waals surface area contributed by atoms with Crippen LogP contribution in [0.2, 0.25) is 0 Å². The van der Waals surface area contributed by atoms with Gasteiger partial charge in [-0.05, 0) is 73.6 Å². The van der Waals surface area contributed by atoms with E-state index in [9.17, 15) is 9.59 Å². The van der Waals surface area contributed by atoms with Gasteiger partial charge in [0.25, 0.3) is 11.8 Å². The van der Waals surface area contributed by atoms with Crippen LogP contribution in [0.1, 0.15) is 74.1 Å². The fourth-order valence-electron chi connectivity index (χ4n) is 4.66. The number of amides is 2. The van der Waals surface area contributed by atoms with E-state index in [-0.39, 0.29) is 17.9 Å². The zero-order valence-corrected chi connectivity index (χ0v) is 15.7. The summed E-state index contributed by atoms with van der Waals surface area (Å²) in [6, 6.07) is 4.84. The first-order valence-electron chi connectivity index (χ1n) is 9.72. The first-order chi connectivity index (χ1) is 12.0. The quantitative estimate of drug-likeness (QED) is 0.743. The number of rotatable bonds is 5. The number of imide groups is 1. The Balaban J connectivity index is 1.74. The molecule has 2 amide bonds. The van der Waals surface area contributed by atoms with E-state index in [1.165, 1.54) is 45.7 Å². The van der Waals surface area contributed by atoms with Crippen molar-refractivity contribution in [3.8, 4) is 0 Å². The third-order valence-corrected chi connectivity index (χ3v) is 5.77. The van der Waals surface area contributed by atoms with Crippen LogP contribution < -0.4 is 0 Å². The second kappa shape index (κ2) is 7.55. The molecule has 3 heteroatoms. The van der Waals surface area contributed by atoms with E-state index in [2.05, 4.69) is 32.9 Å². The number of hydrogen-bond donors (Lipinski definition) is 0.